The lowest BCUT2D eigenvalue weighted by molar-refractivity contribution is 0.0523. The monoisotopic (exact) mass is 291 g/mol. The number of amides is 1. The van der Waals surface area contributed by atoms with Gasteiger partial charge in [0.25, 0.3) is 0 Å². The molecule has 2 N–H and O–H groups in total. The molecule has 6 heteroatoms. The van der Waals surface area contributed by atoms with Gasteiger partial charge in [-0.25, -0.2) is 9.18 Å². The molecule has 0 radical (unpaired) electrons. The maximum atomic E-state index is 13.8. The highest BCUT2D eigenvalue weighted by Gasteiger charge is 2.16. The Morgan fingerprint density at radius 3 is 2.76 bits per heavy atom. The molecular weight excluding hydrogens is 273 g/mol. The molecule has 2 rings (SSSR count). The van der Waals surface area contributed by atoms with Gasteiger partial charge < -0.3 is 10.1 Å². The molecule has 0 aliphatic heterocycles. The zero-order valence-electron chi connectivity index (χ0n) is 12.2. The number of carbonyl (C=O) groups excluding carboxylic acids is 1. The highest BCUT2D eigenvalue weighted by molar-refractivity contribution is 5.68. The highest BCUT2D eigenvalue weighted by Crippen LogP contribution is 2.21. The number of ether oxygens (including phenoxy) is 1. The van der Waals surface area contributed by atoms with Crippen LogP contribution in [0.1, 0.15) is 26.3 Å². The van der Waals surface area contributed by atoms with Crippen LogP contribution in [0.5, 0.6) is 0 Å². The molecule has 0 fully saturated rings. The summed E-state index contributed by atoms with van der Waals surface area (Å²) < 4.78 is 18.9. The number of hydrogen-bond donors (Lipinski definition) is 2. The van der Waals surface area contributed by atoms with E-state index in [0.29, 0.717) is 5.56 Å². The van der Waals surface area contributed by atoms with Crippen molar-refractivity contribution in [2.24, 2.45) is 0 Å². The van der Waals surface area contributed by atoms with E-state index in [9.17, 15) is 9.18 Å². The standard InChI is InChI=1S/C15H18FN3O2/c1-15(2,3)21-14(20)17-7-11-6-10(4-5-13(11)16)12-8-18-19-9-12/h4-6,8-9H,7H2,1-3H3,(H,17,20)(H,18,19). The maximum Gasteiger partial charge on any atom is 0.407 e. The zero-order valence-corrected chi connectivity index (χ0v) is 12.2. The minimum Gasteiger partial charge on any atom is -0.444 e. The highest BCUT2D eigenvalue weighted by atomic mass is 19.1. The van der Waals surface area contributed by atoms with E-state index in [0.717, 1.165) is 11.1 Å². The summed E-state index contributed by atoms with van der Waals surface area (Å²) in [6.45, 7) is 5.37. The molecule has 0 unspecified atom stereocenters. The van der Waals surface area contributed by atoms with Crippen LogP contribution in [0.4, 0.5) is 9.18 Å². The third kappa shape index (κ3) is 4.30. The van der Waals surface area contributed by atoms with Gasteiger partial charge in [0.05, 0.1) is 6.20 Å². The first-order valence-corrected chi connectivity index (χ1v) is 6.59. The number of nitrogens with one attached hydrogen (secondary N) is 2. The van der Waals surface area contributed by atoms with Crippen LogP contribution in [0, 0.1) is 5.82 Å². The molecular formula is C15H18FN3O2. The predicted molar refractivity (Wildman–Crippen MR) is 77.1 cm³/mol. The predicted octanol–water partition coefficient (Wildman–Crippen LogP) is 3.24. The summed E-state index contributed by atoms with van der Waals surface area (Å²) in [5.74, 6) is -0.377. The van der Waals surface area contributed by atoms with Crippen molar-refractivity contribution in [3.63, 3.8) is 0 Å². The van der Waals surface area contributed by atoms with Crippen LogP contribution in [-0.4, -0.2) is 21.9 Å². The molecule has 0 saturated carbocycles. The number of halogens is 1. The van der Waals surface area contributed by atoms with Gasteiger partial charge in [-0.2, -0.15) is 5.10 Å². The molecule has 0 saturated heterocycles. The van der Waals surface area contributed by atoms with Crippen molar-refractivity contribution in [3.05, 3.63) is 42.0 Å². The van der Waals surface area contributed by atoms with E-state index in [4.69, 9.17) is 4.74 Å². The van der Waals surface area contributed by atoms with Crippen molar-refractivity contribution < 1.29 is 13.9 Å². The fraction of sp³-hybridized carbons (Fsp3) is 0.333. The van der Waals surface area contributed by atoms with Gasteiger partial charge in [0.2, 0.25) is 0 Å². The van der Waals surface area contributed by atoms with Gasteiger partial charge in [-0.3, -0.25) is 5.10 Å². The minimum atomic E-state index is -0.582. The molecule has 1 heterocycles. The number of benzene rings is 1. The molecule has 2 aromatic rings. The molecule has 0 spiro atoms. The molecule has 21 heavy (non-hydrogen) atoms. The molecule has 1 aromatic carbocycles. The van der Waals surface area contributed by atoms with Gasteiger partial charge >= 0.3 is 6.09 Å². The SMILES string of the molecule is CC(C)(C)OC(=O)NCc1cc(-c2cn[nH]c2)ccc1F. The lowest BCUT2D eigenvalue weighted by atomic mass is 10.1. The van der Waals surface area contributed by atoms with E-state index in [1.807, 2.05) is 0 Å². The Balaban J connectivity index is 2.06. The van der Waals surface area contributed by atoms with Gasteiger partial charge in [-0.1, -0.05) is 6.07 Å². The molecule has 1 amide bonds. The van der Waals surface area contributed by atoms with E-state index >= 15 is 0 Å². The van der Waals surface area contributed by atoms with E-state index in [-0.39, 0.29) is 12.4 Å². The van der Waals surface area contributed by atoms with Crippen molar-refractivity contribution >= 4 is 6.09 Å². The minimum absolute atomic E-state index is 0.0619. The molecule has 0 atom stereocenters. The van der Waals surface area contributed by atoms with Crippen LogP contribution in [0.15, 0.2) is 30.6 Å². The number of aromatic amines is 1. The van der Waals surface area contributed by atoms with E-state index in [1.54, 1.807) is 45.3 Å². The van der Waals surface area contributed by atoms with Crippen molar-refractivity contribution in [1.82, 2.24) is 15.5 Å². The fourth-order valence-electron chi connectivity index (χ4n) is 1.78. The molecule has 1 aromatic heterocycles. The number of hydrogen-bond acceptors (Lipinski definition) is 3. The zero-order chi connectivity index (χ0) is 15.5. The molecule has 5 nitrogen and oxygen atoms in total. The Labute approximate surface area is 122 Å². The lowest BCUT2D eigenvalue weighted by Crippen LogP contribution is -2.32. The second kappa shape index (κ2) is 5.95. The smallest absolute Gasteiger partial charge is 0.407 e. The van der Waals surface area contributed by atoms with Crippen LogP contribution < -0.4 is 5.32 Å². The molecule has 0 aliphatic carbocycles. The number of H-pyrrole nitrogens is 1. The van der Waals surface area contributed by atoms with Crippen molar-refractivity contribution in [1.29, 1.82) is 0 Å². The quantitative estimate of drug-likeness (QED) is 0.912. The van der Waals surface area contributed by atoms with Crippen molar-refractivity contribution in [2.45, 2.75) is 32.9 Å². The van der Waals surface area contributed by atoms with Crippen molar-refractivity contribution in [2.75, 3.05) is 0 Å². The number of alkyl carbamates (subject to hydrolysis) is 1. The first kappa shape index (κ1) is 15.0. The van der Waals surface area contributed by atoms with Gasteiger partial charge in [-0.15, -0.1) is 0 Å². The summed E-state index contributed by atoms with van der Waals surface area (Å²) in [6, 6.07) is 4.71. The van der Waals surface area contributed by atoms with Crippen LogP contribution in [0.3, 0.4) is 0 Å². The van der Waals surface area contributed by atoms with E-state index < -0.39 is 11.7 Å². The molecule has 0 aliphatic rings. The van der Waals surface area contributed by atoms with Crippen LogP contribution in [0.2, 0.25) is 0 Å². The first-order chi connectivity index (χ1) is 9.85. The number of nitrogens with zero attached hydrogens (tertiary/aromatic N) is 1. The van der Waals surface area contributed by atoms with Crippen LogP contribution >= 0.6 is 0 Å². The second-order valence-corrected chi connectivity index (χ2v) is 5.65. The Morgan fingerprint density at radius 2 is 2.14 bits per heavy atom. The second-order valence-electron chi connectivity index (χ2n) is 5.65. The molecule has 112 valence electrons. The Kier molecular flexibility index (Phi) is 4.26. The number of aromatic nitrogens is 2. The average molecular weight is 291 g/mol. The summed E-state index contributed by atoms with van der Waals surface area (Å²) in [5.41, 5.74) is 1.49. The number of rotatable bonds is 3. The normalized spacial score (nSPS) is 11.2. The summed E-state index contributed by atoms with van der Waals surface area (Å²) in [4.78, 5) is 11.6. The van der Waals surface area contributed by atoms with E-state index in [1.165, 1.54) is 6.07 Å². The van der Waals surface area contributed by atoms with Gasteiger partial charge in [-0.05, 0) is 38.5 Å². The molecule has 0 bridgehead atoms. The Bertz CT molecular complexity index is 618. The van der Waals surface area contributed by atoms with Crippen molar-refractivity contribution in [3.8, 4) is 11.1 Å². The summed E-state index contributed by atoms with van der Waals surface area (Å²) in [7, 11) is 0. The lowest BCUT2D eigenvalue weighted by Gasteiger charge is -2.19. The number of carbonyl (C=O) groups is 1. The third-order valence-corrected chi connectivity index (χ3v) is 2.70. The van der Waals surface area contributed by atoms with Gasteiger partial charge in [0, 0.05) is 23.9 Å². The average Bonchev–Trinajstić information content (AvgIpc) is 2.89. The summed E-state index contributed by atoms with van der Waals surface area (Å²) in [5, 5.41) is 9.11. The maximum absolute atomic E-state index is 13.8. The van der Waals surface area contributed by atoms with Crippen LogP contribution in [-0.2, 0) is 11.3 Å². The van der Waals surface area contributed by atoms with E-state index in [2.05, 4.69) is 15.5 Å². The van der Waals surface area contributed by atoms with Gasteiger partial charge in [0.1, 0.15) is 11.4 Å². The fourth-order valence-corrected chi connectivity index (χ4v) is 1.78. The largest absolute Gasteiger partial charge is 0.444 e. The third-order valence-electron chi connectivity index (χ3n) is 2.70. The Morgan fingerprint density at radius 1 is 1.38 bits per heavy atom. The first-order valence-electron chi connectivity index (χ1n) is 6.59. The van der Waals surface area contributed by atoms with Gasteiger partial charge in [0.15, 0.2) is 0 Å². The Hall–Kier alpha value is -2.37. The summed E-state index contributed by atoms with van der Waals surface area (Å²) in [6.07, 6.45) is 2.80. The summed E-state index contributed by atoms with van der Waals surface area (Å²) >= 11 is 0. The topological polar surface area (TPSA) is 67.0 Å². The van der Waals surface area contributed by atoms with Crippen LogP contribution in [0.25, 0.3) is 11.1 Å².